The SMILES string of the molecule is CCNC(CCc1cccnc1)Cc1ccccc1Br. The first-order valence-corrected chi connectivity index (χ1v) is 7.94. The molecule has 0 aliphatic carbocycles. The van der Waals surface area contributed by atoms with Crippen molar-refractivity contribution < 1.29 is 0 Å². The van der Waals surface area contributed by atoms with Crippen molar-refractivity contribution in [2.75, 3.05) is 6.54 Å². The molecule has 0 aliphatic heterocycles. The third-order valence-corrected chi connectivity index (χ3v) is 4.19. The van der Waals surface area contributed by atoms with Crippen LogP contribution < -0.4 is 5.32 Å². The molecule has 1 aromatic heterocycles. The molecule has 0 saturated carbocycles. The van der Waals surface area contributed by atoms with Gasteiger partial charge in [-0.3, -0.25) is 4.98 Å². The standard InChI is InChI=1S/C17H21BrN2/c1-2-20-16(10-9-14-6-5-11-19-13-14)12-15-7-3-4-8-17(15)18/h3-8,11,13,16,20H,2,9-10,12H2,1H3. The van der Waals surface area contributed by atoms with Gasteiger partial charge >= 0.3 is 0 Å². The average molecular weight is 333 g/mol. The first kappa shape index (κ1) is 15.2. The molecule has 1 heterocycles. The molecule has 0 fully saturated rings. The minimum atomic E-state index is 0.499. The van der Waals surface area contributed by atoms with Crippen LogP contribution in [0.15, 0.2) is 53.3 Å². The molecule has 20 heavy (non-hydrogen) atoms. The molecule has 0 spiro atoms. The van der Waals surface area contributed by atoms with Gasteiger partial charge in [0, 0.05) is 22.9 Å². The topological polar surface area (TPSA) is 24.9 Å². The maximum Gasteiger partial charge on any atom is 0.0299 e. The lowest BCUT2D eigenvalue weighted by atomic mass is 9.99. The van der Waals surface area contributed by atoms with Crippen molar-refractivity contribution in [1.29, 1.82) is 0 Å². The number of rotatable bonds is 7. The van der Waals surface area contributed by atoms with Gasteiger partial charge in [-0.25, -0.2) is 0 Å². The van der Waals surface area contributed by atoms with Crippen LogP contribution in [0.5, 0.6) is 0 Å². The van der Waals surface area contributed by atoms with Crippen molar-refractivity contribution >= 4 is 15.9 Å². The quantitative estimate of drug-likeness (QED) is 0.828. The second-order valence-corrected chi connectivity index (χ2v) is 5.80. The first-order valence-electron chi connectivity index (χ1n) is 7.15. The van der Waals surface area contributed by atoms with Crippen molar-refractivity contribution in [3.8, 4) is 0 Å². The van der Waals surface area contributed by atoms with E-state index in [2.05, 4.69) is 63.5 Å². The van der Waals surface area contributed by atoms with Crippen molar-refractivity contribution in [3.05, 3.63) is 64.4 Å². The summed E-state index contributed by atoms with van der Waals surface area (Å²) in [5.41, 5.74) is 2.67. The van der Waals surface area contributed by atoms with E-state index in [-0.39, 0.29) is 0 Å². The van der Waals surface area contributed by atoms with Crippen LogP contribution in [-0.4, -0.2) is 17.6 Å². The molecule has 1 N–H and O–H groups in total. The molecule has 1 atom stereocenters. The van der Waals surface area contributed by atoms with Crippen LogP contribution in [0.2, 0.25) is 0 Å². The molecule has 1 unspecified atom stereocenters. The van der Waals surface area contributed by atoms with Crippen molar-refractivity contribution in [3.63, 3.8) is 0 Å². The molecule has 2 rings (SSSR count). The molecule has 1 aromatic carbocycles. The summed E-state index contributed by atoms with van der Waals surface area (Å²) in [6.45, 7) is 3.17. The normalized spacial score (nSPS) is 12.3. The predicted molar refractivity (Wildman–Crippen MR) is 87.9 cm³/mol. The first-order chi connectivity index (χ1) is 9.79. The minimum absolute atomic E-state index is 0.499. The summed E-state index contributed by atoms with van der Waals surface area (Å²) in [6.07, 6.45) is 7.03. The molecular weight excluding hydrogens is 312 g/mol. The predicted octanol–water partition coefficient (Wildman–Crippen LogP) is 4.00. The fraction of sp³-hybridized carbons (Fsp3) is 0.353. The van der Waals surface area contributed by atoms with E-state index in [0.29, 0.717) is 6.04 Å². The highest BCUT2D eigenvalue weighted by Crippen LogP contribution is 2.19. The summed E-state index contributed by atoms with van der Waals surface area (Å²) in [5, 5.41) is 3.59. The van der Waals surface area contributed by atoms with Crippen LogP contribution in [0.4, 0.5) is 0 Å². The number of likely N-dealkylation sites (N-methyl/N-ethyl adjacent to an activating group) is 1. The molecule has 0 radical (unpaired) electrons. The van der Waals surface area contributed by atoms with Crippen LogP contribution in [0.3, 0.4) is 0 Å². The number of pyridine rings is 1. The van der Waals surface area contributed by atoms with Crippen molar-refractivity contribution in [2.24, 2.45) is 0 Å². The Morgan fingerprint density at radius 1 is 1.20 bits per heavy atom. The Bertz CT molecular complexity index is 513. The van der Waals surface area contributed by atoms with Crippen LogP contribution in [0.25, 0.3) is 0 Å². The van der Waals surface area contributed by atoms with E-state index in [0.717, 1.165) is 25.8 Å². The maximum atomic E-state index is 4.18. The van der Waals surface area contributed by atoms with Gasteiger partial charge < -0.3 is 5.32 Å². The molecule has 2 aromatic rings. The molecule has 0 aliphatic rings. The highest BCUT2D eigenvalue weighted by molar-refractivity contribution is 9.10. The number of nitrogens with one attached hydrogen (secondary N) is 1. The van der Waals surface area contributed by atoms with Gasteiger partial charge in [-0.1, -0.05) is 47.1 Å². The molecule has 0 amide bonds. The molecule has 2 nitrogen and oxygen atoms in total. The highest BCUT2D eigenvalue weighted by atomic mass is 79.9. The zero-order valence-electron chi connectivity index (χ0n) is 11.8. The summed E-state index contributed by atoms with van der Waals surface area (Å²) < 4.78 is 1.20. The van der Waals surface area contributed by atoms with Gasteiger partial charge in [-0.2, -0.15) is 0 Å². The second-order valence-electron chi connectivity index (χ2n) is 4.95. The number of nitrogens with zero attached hydrogens (tertiary/aromatic N) is 1. The van der Waals surface area contributed by atoms with Crippen LogP contribution in [0.1, 0.15) is 24.5 Å². The van der Waals surface area contributed by atoms with Crippen LogP contribution in [0, 0.1) is 0 Å². The Morgan fingerprint density at radius 2 is 2.05 bits per heavy atom. The van der Waals surface area contributed by atoms with Gasteiger partial charge in [0.05, 0.1) is 0 Å². The Kier molecular flexibility index (Phi) is 6.22. The summed E-state index contributed by atoms with van der Waals surface area (Å²) in [7, 11) is 0. The summed E-state index contributed by atoms with van der Waals surface area (Å²) >= 11 is 3.63. The number of halogens is 1. The molecular formula is C17H21BrN2. The van der Waals surface area contributed by atoms with E-state index >= 15 is 0 Å². The summed E-state index contributed by atoms with van der Waals surface area (Å²) in [5.74, 6) is 0. The lowest BCUT2D eigenvalue weighted by Crippen LogP contribution is -2.31. The smallest absolute Gasteiger partial charge is 0.0299 e. The van der Waals surface area contributed by atoms with Gasteiger partial charge in [0.25, 0.3) is 0 Å². The Balaban J connectivity index is 1.95. The van der Waals surface area contributed by atoms with E-state index in [1.54, 1.807) is 0 Å². The van der Waals surface area contributed by atoms with E-state index in [4.69, 9.17) is 0 Å². The van der Waals surface area contributed by atoms with Gasteiger partial charge in [0.1, 0.15) is 0 Å². The number of hydrogen-bond acceptors (Lipinski definition) is 2. The average Bonchev–Trinajstić information content (AvgIpc) is 2.48. The fourth-order valence-corrected chi connectivity index (χ4v) is 2.83. The van der Waals surface area contributed by atoms with Gasteiger partial charge in [-0.05, 0) is 49.1 Å². The Hall–Kier alpha value is -1.19. The summed E-state index contributed by atoms with van der Waals surface area (Å²) in [4.78, 5) is 4.18. The van der Waals surface area contributed by atoms with E-state index in [1.165, 1.54) is 15.6 Å². The maximum absolute atomic E-state index is 4.18. The van der Waals surface area contributed by atoms with Crippen molar-refractivity contribution in [1.82, 2.24) is 10.3 Å². The minimum Gasteiger partial charge on any atom is -0.314 e. The van der Waals surface area contributed by atoms with E-state index in [1.807, 2.05) is 18.5 Å². The molecule has 3 heteroatoms. The molecule has 0 saturated heterocycles. The third kappa shape index (κ3) is 4.73. The van der Waals surface area contributed by atoms with Gasteiger partial charge in [0.15, 0.2) is 0 Å². The number of hydrogen-bond donors (Lipinski definition) is 1. The van der Waals surface area contributed by atoms with Crippen LogP contribution >= 0.6 is 15.9 Å². The number of aryl methyl sites for hydroxylation is 1. The Morgan fingerprint density at radius 3 is 2.75 bits per heavy atom. The van der Waals surface area contributed by atoms with E-state index < -0.39 is 0 Å². The van der Waals surface area contributed by atoms with Gasteiger partial charge in [0.2, 0.25) is 0 Å². The monoisotopic (exact) mass is 332 g/mol. The lowest BCUT2D eigenvalue weighted by Gasteiger charge is -2.18. The Labute approximate surface area is 129 Å². The largest absolute Gasteiger partial charge is 0.314 e. The number of benzene rings is 1. The zero-order valence-corrected chi connectivity index (χ0v) is 13.4. The zero-order chi connectivity index (χ0) is 14.2. The number of aromatic nitrogens is 1. The molecule has 106 valence electrons. The fourth-order valence-electron chi connectivity index (χ4n) is 2.38. The molecule has 0 bridgehead atoms. The van der Waals surface area contributed by atoms with Crippen molar-refractivity contribution in [2.45, 2.75) is 32.2 Å². The second kappa shape index (κ2) is 8.18. The lowest BCUT2D eigenvalue weighted by molar-refractivity contribution is 0.490. The van der Waals surface area contributed by atoms with Crippen LogP contribution in [-0.2, 0) is 12.8 Å². The van der Waals surface area contributed by atoms with Gasteiger partial charge in [-0.15, -0.1) is 0 Å². The highest BCUT2D eigenvalue weighted by Gasteiger charge is 2.10. The summed E-state index contributed by atoms with van der Waals surface area (Å²) in [6, 6.07) is 13.1. The van der Waals surface area contributed by atoms with E-state index in [9.17, 15) is 0 Å². The third-order valence-electron chi connectivity index (χ3n) is 3.42.